The Morgan fingerprint density at radius 3 is 2.73 bits per heavy atom. The molecule has 4 nitrogen and oxygen atoms in total. The van der Waals surface area contributed by atoms with Gasteiger partial charge in [0.05, 0.1) is 17.5 Å². The third-order valence-corrected chi connectivity index (χ3v) is 2.46. The van der Waals surface area contributed by atoms with Gasteiger partial charge >= 0.3 is 5.97 Å². The first kappa shape index (κ1) is 12.0. The number of carboxylic acids is 1. The SMILES string of the molecule is COCc1cc(Br)c(O)c(CC(=O)O)c1. The van der Waals surface area contributed by atoms with Crippen LogP contribution in [-0.2, 0) is 22.6 Å². The Morgan fingerprint density at radius 2 is 2.20 bits per heavy atom. The van der Waals surface area contributed by atoms with Gasteiger partial charge in [-0.2, -0.15) is 0 Å². The van der Waals surface area contributed by atoms with Crippen molar-refractivity contribution in [1.29, 1.82) is 0 Å². The fourth-order valence-corrected chi connectivity index (χ4v) is 1.81. The van der Waals surface area contributed by atoms with Gasteiger partial charge in [-0.15, -0.1) is 0 Å². The molecule has 1 rings (SSSR count). The van der Waals surface area contributed by atoms with Crippen LogP contribution in [0.3, 0.4) is 0 Å². The predicted molar refractivity (Wildman–Crippen MR) is 57.9 cm³/mol. The summed E-state index contributed by atoms with van der Waals surface area (Å²) in [6.45, 7) is 0.380. The molecule has 2 N–H and O–H groups in total. The number of aliphatic carboxylic acids is 1. The third kappa shape index (κ3) is 3.21. The van der Waals surface area contributed by atoms with Gasteiger partial charge in [-0.1, -0.05) is 0 Å². The van der Waals surface area contributed by atoms with Gasteiger partial charge < -0.3 is 14.9 Å². The predicted octanol–water partition coefficient (Wildman–Crippen LogP) is 1.93. The zero-order chi connectivity index (χ0) is 11.4. The maximum absolute atomic E-state index is 10.5. The minimum absolute atomic E-state index is 0.0303. The molecule has 0 aliphatic carbocycles. The van der Waals surface area contributed by atoms with Crippen molar-refractivity contribution in [1.82, 2.24) is 0 Å². The molecule has 82 valence electrons. The standard InChI is InChI=1S/C10H11BrO4/c1-15-5-6-2-7(4-9(12)13)10(14)8(11)3-6/h2-3,14H,4-5H2,1H3,(H,12,13). The van der Waals surface area contributed by atoms with Gasteiger partial charge in [0.2, 0.25) is 0 Å². The molecular formula is C10H11BrO4. The van der Waals surface area contributed by atoms with Crippen LogP contribution in [0, 0.1) is 0 Å². The van der Waals surface area contributed by atoms with Crippen LogP contribution in [0.2, 0.25) is 0 Å². The summed E-state index contributed by atoms with van der Waals surface area (Å²) < 4.78 is 5.41. The number of benzene rings is 1. The Hall–Kier alpha value is -1.07. The van der Waals surface area contributed by atoms with E-state index in [9.17, 15) is 9.90 Å². The molecule has 15 heavy (non-hydrogen) atoms. The molecule has 1 aromatic carbocycles. The molecular weight excluding hydrogens is 264 g/mol. The normalized spacial score (nSPS) is 10.3. The quantitative estimate of drug-likeness (QED) is 0.881. The van der Waals surface area contributed by atoms with Crippen LogP contribution in [-0.4, -0.2) is 23.3 Å². The average Bonchev–Trinajstić information content (AvgIpc) is 2.13. The first-order valence-corrected chi connectivity index (χ1v) is 5.05. The lowest BCUT2D eigenvalue weighted by Gasteiger charge is -2.07. The molecule has 0 radical (unpaired) electrons. The number of methoxy groups -OCH3 is 1. The van der Waals surface area contributed by atoms with Crippen molar-refractivity contribution in [2.45, 2.75) is 13.0 Å². The van der Waals surface area contributed by atoms with Crippen LogP contribution in [0.15, 0.2) is 16.6 Å². The summed E-state index contributed by atoms with van der Waals surface area (Å²) in [4.78, 5) is 10.5. The van der Waals surface area contributed by atoms with E-state index in [1.807, 2.05) is 0 Å². The molecule has 0 bridgehead atoms. The van der Waals surface area contributed by atoms with Gasteiger partial charge in [0, 0.05) is 12.7 Å². The molecule has 5 heteroatoms. The lowest BCUT2D eigenvalue weighted by molar-refractivity contribution is -0.136. The monoisotopic (exact) mass is 274 g/mol. The fraction of sp³-hybridized carbons (Fsp3) is 0.300. The van der Waals surface area contributed by atoms with E-state index < -0.39 is 5.97 Å². The van der Waals surface area contributed by atoms with E-state index in [0.717, 1.165) is 5.56 Å². The molecule has 0 spiro atoms. The number of ether oxygens (including phenoxy) is 1. The van der Waals surface area contributed by atoms with Crippen molar-refractivity contribution >= 4 is 21.9 Å². The van der Waals surface area contributed by atoms with Gasteiger partial charge in [0.25, 0.3) is 0 Å². The van der Waals surface area contributed by atoms with Gasteiger partial charge in [0.15, 0.2) is 0 Å². The first-order chi connectivity index (χ1) is 7.04. The van der Waals surface area contributed by atoms with Crippen molar-refractivity contribution < 1.29 is 19.7 Å². The molecule has 0 unspecified atom stereocenters. The van der Waals surface area contributed by atoms with Crippen LogP contribution in [0.5, 0.6) is 5.75 Å². The molecule has 0 saturated carbocycles. The number of halogens is 1. The summed E-state index contributed by atoms with van der Waals surface area (Å²) >= 11 is 3.16. The molecule has 0 aliphatic rings. The average molecular weight is 275 g/mol. The number of phenolic OH excluding ortho intramolecular Hbond substituents is 1. The number of rotatable bonds is 4. The van der Waals surface area contributed by atoms with E-state index in [1.165, 1.54) is 0 Å². The van der Waals surface area contributed by atoms with Crippen molar-refractivity contribution in [3.8, 4) is 5.75 Å². The first-order valence-electron chi connectivity index (χ1n) is 4.25. The van der Waals surface area contributed by atoms with E-state index in [0.29, 0.717) is 16.6 Å². The Bertz CT molecular complexity index is 376. The lowest BCUT2D eigenvalue weighted by Crippen LogP contribution is -2.02. The topological polar surface area (TPSA) is 66.8 Å². The van der Waals surface area contributed by atoms with E-state index in [1.54, 1.807) is 19.2 Å². The smallest absolute Gasteiger partial charge is 0.307 e. The highest BCUT2D eigenvalue weighted by molar-refractivity contribution is 9.10. The molecule has 0 fully saturated rings. The van der Waals surface area contributed by atoms with Gasteiger partial charge in [-0.05, 0) is 33.6 Å². The van der Waals surface area contributed by atoms with Crippen molar-refractivity contribution in [2.75, 3.05) is 7.11 Å². The number of carboxylic acid groups (broad SMARTS) is 1. The number of carbonyl (C=O) groups is 1. The second-order valence-corrected chi connectivity index (χ2v) is 3.94. The largest absolute Gasteiger partial charge is 0.506 e. The maximum Gasteiger partial charge on any atom is 0.307 e. The van der Waals surface area contributed by atoms with Gasteiger partial charge in [-0.25, -0.2) is 0 Å². The summed E-state index contributed by atoms with van der Waals surface area (Å²) in [5.74, 6) is -1.01. The Morgan fingerprint density at radius 1 is 1.53 bits per heavy atom. The summed E-state index contributed by atoms with van der Waals surface area (Å²) in [6.07, 6.45) is -0.206. The highest BCUT2D eigenvalue weighted by Crippen LogP contribution is 2.30. The molecule has 1 aromatic rings. The minimum atomic E-state index is -0.980. The van der Waals surface area contributed by atoms with E-state index in [2.05, 4.69) is 15.9 Å². The Kier molecular flexibility index (Phi) is 4.11. The maximum atomic E-state index is 10.5. The summed E-state index contributed by atoms with van der Waals surface area (Å²) in [6, 6.07) is 3.32. The molecule has 0 saturated heterocycles. The minimum Gasteiger partial charge on any atom is -0.506 e. The highest BCUT2D eigenvalue weighted by atomic mass is 79.9. The molecule has 0 atom stereocenters. The molecule has 0 heterocycles. The third-order valence-electron chi connectivity index (χ3n) is 1.85. The number of hydrogen-bond donors (Lipinski definition) is 2. The second-order valence-electron chi connectivity index (χ2n) is 3.09. The van der Waals surface area contributed by atoms with Crippen LogP contribution in [0.25, 0.3) is 0 Å². The number of aromatic hydroxyl groups is 1. The van der Waals surface area contributed by atoms with Crippen LogP contribution in [0.4, 0.5) is 0 Å². The fourth-order valence-electron chi connectivity index (χ4n) is 1.27. The van der Waals surface area contributed by atoms with Crippen LogP contribution in [0.1, 0.15) is 11.1 Å². The van der Waals surface area contributed by atoms with E-state index >= 15 is 0 Å². The second kappa shape index (κ2) is 5.14. The summed E-state index contributed by atoms with van der Waals surface area (Å²) in [5.41, 5.74) is 1.20. The highest BCUT2D eigenvalue weighted by Gasteiger charge is 2.11. The molecule has 0 aromatic heterocycles. The molecule has 0 aliphatic heterocycles. The Balaban J connectivity index is 3.06. The molecule has 0 amide bonds. The van der Waals surface area contributed by atoms with Crippen molar-refractivity contribution in [3.05, 3.63) is 27.7 Å². The van der Waals surface area contributed by atoms with Crippen LogP contribution >= 0.6 is 15.9 Å². The lowest BCUT2D eigenvalue weighted by atomic mass is 10.1. The zero-order valence-corrected chi connectivity index (χ0v) is 9.74. The van der Waals surface area contributed by atoms with Gasteiger partial charge in [-0.3, -0.25) is 4.79 Å². The van der Waals surface area contributed by atoms with Gasteiger partial charge in [0.1, 0.15) is 5.75 Å². The number of hydrogen-bond acceptors (Lipinski definition) is 3. The summed E-state index contributed by atoms with van der Waals surface area (Å²) in [5, 5.41) is 18.2. The van der Waals surface area contributed by atoms with E-state index in [4.69, 9.17) is 9.84 Å². The summed E-state index contributed by atoms with van der Waals surface area (Å²) in [7, 11) is 1.55. The number of phenols is 1. The Labute approximate surface area is 95.6 Å². The zero-order valence-electron chi connectivity index (χ0n) is 8.16. The van der Waals surface area contributed by atoms with Crippen molar-refractivity contribution in [3.63, 3.8) is 0 Å². The van der Waals surface area contributed by atoms with Crippen LogP contribution < -0.4 is 0 Å². The van der Waals surface area contributed by atoms with Crippen molar-refractivity contribution in [2.24, 2.45) is 0 Å². The van der Waals surface area contributed by atoms with E-state index in [-0.39, 0.29) is 12.2 Å².